The number of hydrogen-bond donors (Lipinski definition) is 3. The van der Waals surface area contributed by atoms with Gasteiger partial charge in [0.15, 0.2) is 0 Å². The summed E-state index contributed by atoms with van der Waals surface area (Å²) in [4.78, 5) is 27.2. The van der Waals surface area contributed by atoms with E-state index in [0.29, 0.717) is 23.2 Å². The molecule has 0 bridgehead atoms. The number of rotatable bonds is 5. The summed E-state index contributed by atoms with van der Waals surface area (Å²) in [6.45, 7) is 4.14. The normalized spacial score (nSPS) is 12.6. The molecule has 0 aliphatic rings. The third-order valence-corrected chi connectivity index (χ3v) is 3.27. The van der Waals surface area contributed by atoms with Crippen LogP contribution in [-0.2, 0) is 0 Å². The summed E-state index contributed by atoms with van der Waals surface area (Å²) in [5.74, 6) is -0.120. The van der Waals surface area contributed by atoms with E-state index in [1.807, 2.05) is 19.9 Å². The maximum atomic E-state index is 12.2. The Morgan fingerprint density at radius 2 is 2.05 bits per heavy atom. The van der Waals surface area contributed by atoms with Crippen LogP contribution in [0.5, 0.6) is 0 Å². The molecular weight excluding hydrogens is 268 g/mol. The van der Waals surface area contributed by atoms with Gasteiger partial charge in [-0.05, 0) is 24.5 Å². The molecular formula is C16H20N2O3. The number of amides is 1. The van der Waals surface area contributed by atoms with Crippen molar-refractivity contribution in [3.63, 3.8) is 0 Å². The number of nitrogens with one attached hydrogen (secondary N) is 2. The lowest BCUT2D eigenvalue weighted by molar-refractivity contribution is 0.0899. The number of aliphatic hydroxyl groups is 1. The molecule has 2 aromatic rings. The number of aliphatic hydroxyl groups excluding tert-OH is 1. The molecule has 112 valence electrons. The van der Waals surface area contributed by atoms with Gasteiger partial charge in [-0.15, -0.1) is 0 Å². The van der Waals surface area contributed by atoms with E-state index in [0.717, 1.165) is 0 Å². The fourth-order valence-electron chi connectivity index (χ4n) is 2.27. The molecule has 1 unspecified atom stereocenters. The quantitative estimate of drug-likeness (QED) is 0.782. The summed E-state index contributed by atoms with van der Waals surface area (Å²) >= 11 is 0. The van der Waals surface area contributed by atoms with Crippen molar-refractivity contribution in [2.45, 2.75) is 26.4 Å². The van der Waals surface area contributed by atoms with Gasteiger partial charge in [-0.25, -0.2) is 0 Å². The number of hydrogen-bond acceptors (Lipinski definition) is 3. The second-order valence-corrected chi connectivity index (χ2v) is 5.57. The molecule has 5 nitrogen and oxygen atoms in total. The van der Waals surface area contributed by atoms with Gasteiger partial charge in [-0.3, -0.25) is 9.59 Å². The maximum absolute atomic E-state index is 12.2. The first-order valence-corrected chi connectivity index (χ1v) is 7.05. The van der Waals surface area contributed by atoms with E-state index in [1.165, 1.54) is 6.20 Å². The number of carbonyl (C=O) groups is 1. The van der Waals surface area contributed by atoms with Crippen molar-refractivity contribution in [2.75, 3.05) is 6.54 Å². The van der Waals surface area contributed by atoms with Gasteiger partial charge >= 0.3 is 0 Å². The molecule has 3 N–H and O–H groups in total. The largest absolute Gasteiger partial charge is 0.391 e. The van der Waals surface area contributed by atoms with Gasteiger partial charge in [-0.2, -0.15) is 0 Å². The van der Waals surface area contributed by atoms with Gasteiger partial charge in [0, 0.05) is 23.6 Å². The molecule has 1 amide bonds. The summed E-state index contributed by atoms with van der Waals surface area (Å²) in [7, 11) is 0. The average molecular weight is 288 g/mol. The third-order valence-electron chi connectivity index (χ3n) is 3.27. The van der Waals surface area contributed by atoms with Crippen LogP contribution >= 0.6 is 0 Å². The summed E-state index contributed by atoms with van der Waals surface area (Å²) in [6, 6.07) is 7.04. The van der Waals surface area contributed by atoms with Crippen LogP contribution in [-0.4, -0.2) is 28.6 Å². The maximum Gasteiger partial charge on any atom is 0.256 e. The van der Waals surface area contributed by atoms with Crippen molar-refractivity contribution in [3.8, 4) is 0 Å². The SMILES string of the molecule is CC(C)CC(O)CNC(=O)c1c[nH]c2ccccc2c1=O. The van der Waals surface area contributed by atoms with Gasteiger partial charge in [-0.1, -0.05) is 26.0 Å². The van der Waals surface area contributed by atoms with Crippen molar-refractivity contribution in [1.82, 2.24) is 10.3 Å². The highest BCUT2D eigenvalue weighted by atomic mass is 16.3. The minimum absolute atomic E-state index is 0.0606. The van der Waals surface area contributed by atoms with Gasteiger partial charge < -0.3 is 15.4 Å². The first kappa shape index (κ1) is 15.3. The van der Waals surface area contributed by atoms with E-state index in [-0.39, 0.29) is 17.5 Å². The highest BCUT2D eigenvalue weighted by molar-refractivity contribution is 5.97. The van der Waals surface area contributed by atoms with Crippen molar-refractivity contribution in [2.24, 2.45) is 5.92 Å². The Kier molecular flexibility index (Phi) is 4.75. The fraction of sp³-hybridized carbons (Fsp3) is 0.375. The molecule has 0 fully saturated rings. The standard InChI is InChI=1S/C16H20N2O3/c1-10(2)7-11(19)8-18-16(21)13-9-17-14-6-4-3-5-12(14)15(13)20/h3-6,9-11,19H,7-8H2,1-2H3,(H,17,20)(H,18,21). The van der Waals surface area contributed by atoms with Crippen molar-refractivity contribution < 1.29 is 9.90 Å². The van der Waals surface area contributed by atoms with Crippen LogP contribution in [0.1, 0.15) is 30.6 Å². The number of H-pyrrole nitrogens is 1. The number of fused-ring (bicyclic) bond motifs is 1. The Labute approximate surface area is 123 Å². The summed E-state index contributed by atoms with van der Waals surface area (Å²) in [6.07, 6.45) is 1.41. The minimum atomic E-state index is -0.603. The summed E-state index contributed by atoms with van der Waals surface area (Å²) < 4.78 is 0. The molecule has 1 aromatic carbocycles. The van der Waals surface area contributed by atoms with Crippen LogP contribution in [0.2, 0.25) is 0 Å². The molecule has 21 heavy (non-hydrogen) atoms. The van der Waals surface area contributed by atoms with E-state index in [9.17, 15) is 14.7 Å². The fourth-order valence-corrected chi connectivity index (χ4v) is 2.27. The number of aromatic amines is 1. The van der Waals surface area contributed by atoms with E-state index < -0.39 is 12.0 Å². The predicted octanol–water partition coefficient (Wildman–Crippen LogP) is 1.66. The van der Waals surface area contributed by atoms with Gasteiger partial charge in [0.25, 0.3) is 5.91 Å². The average Bonchev–Trinajstić information content (AvgIpc) is 2.45. The van der Waals surface area contributed by atoms with E-state index in [2.05, 4.69) is 10.3 Å². The van der Waals surface area contributed by atoms with Crippen molar-refractivity contribution in [1.29, 1.82) is 0 Å². The number of benzene rings is 1. The minimum Gasteiger partial charge on any atom is -0.391 e. The highest BCUT2D eigenvalue weighted by Crippen LogP contribution is 2.07. The van der Waals surface area contributed by atoms with E-state index in [1.54, 1.807) is 18.2 Å². The van der Waals surface area contributed by atoms with E-state index >= 15 is 0 Å². The zero-order valence-electron chi connectivity index (χ0n) is 12.2. The highest BCUT2D eigenvalue weighted by Gasteiger charge is 2.14. The molecule has 1 atom stereocenters. The van der Waals surface area contributed by atoms with Crippen LogP contribution in [0, 0.1) is 5.92 Å². The van der Waals surface area contributed by atoms with Crippen LogP contribution in [0.4, 0.5) is 0 Å². The van der Waals surface area contributed by atoms with E-state index in [4.69, 9.17) is 0 Å². The molecule has 0 radical (unpaired) electrons. The van der Waals surface area contributed by atoms with Crippen LogP contribution in [0.3, 0.4) is 0 Å². The number of carbonyl (C=O) groups excluding carboxylic acids is 1. The van der Waals surface area contributed by atoms with Gasteiger partial charge in [0.1, 0.15) is 5.56 Å². The summed E-state index contributed by atoms with van der Waals surface area (Å²) in [5.41, 5.74) is 0.449. The smallest absolute Gasteiger partial charge is 0.256 e. The zero-order valence-corrected chi connectivity index (χ0v) is 12.2. The molecule has 0 saturated carbocycles. The number of aromatic nitrogens is 1. The predicted molar refractivity (Wildman–Crippen MR) is 82.4 cm³/mol. The number of pyridine rings is 1. The van der Waals surface area contributed by atoms with Crippen LogP contribution < -0.4 is 10.7 Å². The Morgan fingerprint density at radius 1 is 1.33 bits per heavy atom. The molecule has 1 aromatic heterocycles. The van der Waals surface area contributed by atoms with Crippen LogP contribution in [0.25, 0.3) is 10.9 Å². The lowest BCUT2D eigenvalue weighted by atomic mass is 10.1. The second kappa shape index (κ2) is 6.54. The Balaban J connectivity index is 2.13. The Bertz CT molecular complexity index is 691. The second-order valence-electron chi connectivity index (χ2n) is 5.57. The molecule has 0 aliphatic carbocycles. The Morgan fingerprint density at radius 3 is 2.76 bits per heavy atom. The molecule has 2 rings (SSSR count). The third kappa shape index (κ3) is 3.70. The van der Waals surface area contributed by atoms with Gasteiger partial charge in [0.2, 0.25) is 5.43 Å². The first-order chi connectivity index (χ1) is 9.99. The van der Waals surface area contributed by atoms with Crippen molar-refractivity contribution >= 4 is 16.8 Å². The lowest BCUT2D eigenvalue weighted by Gasteiger charge is -2.13. The number of para-hydroxylation sites is 1. The molecule has 0 aliphatic heterocycles. The lowest BCUT2D eigenvalue weighted by Crippen LogP contribution is -2.35. The van der Waals surface area contributed by atoms with Crippen LogP contribution in [0.15, 0.2) is 35.3 Å². The Hall–Kier alpha value is -2.14. The van der Waals surface area contributed by atoms with Crippen molar-refractivity contribution in [3.05, 3.63) is 46.2 Å². The monoisotopic (exact) mass is 288 g/mol. The molecule has 5 heteroatoms. The topological polar surface area (TPSA) is 82.2 Å². The molecule has 1 heterocycles. The first-order valence-electron chi connectivity index (χ1n) is 7.05. The van der Waals surface area contributed by atoms with Gasteiger partial charge in [0.05, 0.1) is 6.10 Å². The zero-order chi connectivity index (χ0) is 15.4. The molecule has 0 spiro atoms. The molecule has 0 saturated heterocycles. The summed E-state index contributed by atoms with van der Waals surface area (Å²) in [5, 5.41) is 12.8.